The van der Waals surface area contributed by atoms with E-state index in [2.05, 4.69) is 24.9 Å². The van der Waals surface area contributed by atoms with Crippen LogP contribution in [-0.4, -0.2) is 56.9 Å². The normalized spacial score (nSPS) is 20.5. The second-order valence-corrected chi connectivity index (χ2v) is 11.3. The summed E-state index contributed by atoms with van der Waals surface area (Å²) in [4.78, 5) is 11.7. The van der Waals surface area contributed by atoms with Crippen LogP contribution in [0.15, 0.2) is 60.9 Å². The minimum absolute atomic E-state index is 0.334. The maximum absolute atomic E-state index is 6.40. The molecule has 0 radical (unpaired) electrons. The highest BCUT2D eigenvalue weighted by atomic mass is 16.5. The number of nitrogens with two attached hydrogens (primary N) is 1. The number of nitrogens with zero attached hydrogens (tertiary/aromatic N) is 5. The van der Waals surface area contributed by atoms with Crippen LogP contribution >= 0.6 is 0 Å². The summed E-state index contributed by atoms with van der Waals surface area (Å²) < 4.78 is 8.12. The number of anilines is 1. The molecule has 0 amide bonds. The summed E-state index contributed by atoms with van der Waals surface area (Å²) in [5.74, 6) is 2.07. The molecular formula is C30H35N7O. The van der Waals surface area contributed by atoms with Gasteiger partial charge >= 0.3 is 0 Å². The van der Waals surface area contributed by atoms with Crippen molar-refractivity contribution < 1.29 is 4.74 Å². The Balaban J connectivity index is 1.11. The standard InChI is InChI=1S/C30H35N7O/c31-28-26-27(21-6-8-25(9-7-21)38-24-4-2-1-3-5-24)35-37(29(26)34-20-33-28)22-10-12-30(13-11-22)14-16-36(17-15-30)23-18-32-19-23/h1-9,20,22-23,32H,10-19H2,(H2,31,33,34). The molecule has 0 bridgehead atoms. The SMILES string of the molecule is Nc1ncnc2c1c(-c1ccc(Oc3ccccc3)cc1)nn2C1CCC2(CC1)CCN(C1CNC1)CC2. The second kappa shape index (κ2) is 9.67. The summed E-state index contributed by atoms with van der Waals surface area (Å²) in [6.45, 7) is 4.83. The van der Waals surface area contributed by atoms with Gasteiger partial charge in [0.15, 0.2) is 5.65 Å². The van der Waals surface area contributed by atoms with Gasteiger partial charge in [-0.3, -0.25) is 4.90 Å². The molecular weight excluding hydrogens is 474 g/mol. The van der Waals surface area contributed by atoms with Gasteiger partial charge < -0.3 is 15.8 Å². The Labute approximate surface area is 223 Å². The molecule has 196 valence electrons. The van der Waals surface area contributed by atoms with Crippen molar-refractivity contribution in [2.45, 2.75) is 50.6 Å². The molecule has 2 aromatic heterocycles. The van der Waals surface area contributed by atoms with E-state index in [0.29, 0.717) is 17.3 Å². The van der Waals surface area contributed by atoms with Crippen LogP contribution in [0.5, 0.6) is 11.5 Å². The van der Waals surface area contributed by atoms with Gasteiger partial charge in [0.1, 0.15) is 29.3 Å². The lowest BCUT2D eigenvalue weighted by atomic mass is 9.66. The summed E-state index contributed by atoms with van der Waals surface area (Å²) >= 11 is 0. The first-order valence-corrected chi connectivity index (χ1v) is 13.9. The number of likely N-dealkylation sites (tertiary alicyclic amines) is 1. The molecule has 4 heterocycles. The van der Waals surface area contributed by atoms with E-state index in [-0.39, 0.29) is 0 Å². The molecule has 0 atom stereocenters. The van der Waals surface area contributed by atoms with Gasteiger partial charge in [-0.15, -0.1) is 0 Å². The molecule has 7 rings (SSSR count). The van der Waals surface area contributed by atoms with Crippen molar-refractivity contribution >= 4 is 16.9 Å². The average molecular weight is 510 g/mol. The average Bonchev–Trinajstić information content (AvgIpc) is 3.32. The molecule has 3 fully saturated rings. The highest BCUT2D eigenvalue weighted by Gasteiger charge is 2.41. The monoisotopic (exact) mass is 509 g/mol. The Morgan fingerprint density at radius 1 is 0.842 bits per heavy atom. The van der Waals surface area contributed by atoms with Gasteiger partial charge in [0.05, 0.1) is 11.4 Å². The van der Waals surface area contributed by atoms with Crippen LogP contribution in [0.3, 0.4) is 0 Å². The number of fused-ring (bicyclic) bond motifs is 1. The van der Waals surface area contributed by atoms with Gasteiger partial charge in [-0.2, -0.15) is 5.10 Å². The number of piperidine rings is 1. The predicted octanol–water partition coefficient (Wildman–Crippen LogP) is 5.04. The maximum atomic E-state index is 6.40. The van der Waals surface area contributed by atoms with E-state index < -0.39 is 0 Å². The van der Waals surface area contributed by atoms with Crippen molar-refractivity contribution in [3.63, 3.8) is 0 Å². The molecule has 8 heteroatoms. The van der Waals surface area contributed by atoms with Crippen LogP contribution in [0.1, 0.15) is 44.6 Å². The molecule has 3 aliphatic rings. The third-order valence-electron chi connectivity index (χ3n) is 9.12. The van der Waals surface area contributed by atoms with Crippen LogP contribution in [0.25, 0.3) is 22.3 Å². The van der Waals surface area contributed by atoms with E-state index in [1.807, 2.05) is 54.6 Å². The van der Waals surface area contributed by atoms with Gasteiger partial charge in [-0.05, 0) is 93.4 Å². The number of para-hydroxylation sites is 1. The van der Waals surface area contributed by atoms with Gasteiger partial charge in [0.2, 0.25) is 0 Å². The predicted molar refractivity (Wildman–Crippen MR) is 149 cm³/mol. The van der Waals surface area contributed by atoms with E-state index in [4.69, 9.17) is 15.6 Å². The number of aromatic nitrogens is 4. The zero-order valence-electron chi connectivity index (χ0n) is 21.7. The topological polar surface area (TPSA) is 94.1 Å². The Kier molecular flexibility index (Phi) is 6.01. The van der Waals surface area contributed by atoms with Crippen LogP contribution in [0.4, 0.5) is 5.82 Å². The van der Waals surface area contributed by atoms with Gasteiger partial charge in [0.25, 0.3) is 0 Å². The molecule has 3 N–H and O–H groups in total. The first-order valence-electron chi connectivity index (χ1n) is 13.9. The fraction of sp³-hybridized carbons (Fsp3) is 0.433. The molecule has 1 saturated carbocycles. The van der Waals surface area contributed by atoms with Crippen molar-refractivity contribution in [1.82, 2.24) is 30.0 Å². The largest absolute Gasteiger partial charge is 0.457 e. The summed E-state index contributed by atoms with van der Waals surface area (Å²) in [7, 11) is 0. The first-order chi connectivity index (χ1) is 18.7. The molecule has 8 nitrogen and oxygen atoms in total. The number of hydrogen-bond acceptors (Lipinski definition) is 7. The second-order valence-electron chi connectivity index (χ2n) is 11.3. The first kappa shape index (κ1) is 23.6. The molecule has 2 aliphatic heterocycles. The van der Waals surface area contributed by atoms with Gasteiger partial charge in [-0.1, -0.05) is 18.2 Å². The smallest absolute Gasteiger partial charge is 0.164 e. The Bertz CT molecular complexity index is 1400. The summed E-state index contributed by atoms with van der Waals surface area (Å²) in [5, 5.41) is 9.38. The van der Waals surface area contributed by atoms with Crippen LogP contribution in [0.2, 0.25) is 0 Å². The third kappa shape index (κ3) is 4.31. The van der Waals surface area contributed by atoms with Crippen molar-refractivity contribution in [1.29, 1.82) is 0 Å². The van der Waals surface area contributed by atoms with E-state index in [1.54, 1.807) is 6.33 Å². The van der Waals surface area contributed by atoms with Gasteiger partial charge in [0, 0.05) is 24.7 Å². The zero-order chi connectivity index (χ0) is 25.5. The van der Waals surface area contributed by atoms with E-state index in [0.717, 1.165) is 65.8 Å². The van der Waals surface area contributed by atoms with Crippen LogP contribution in [0, 0.1) is 5.41 Å². The van der Waals surface area contributed by atoms with E-state index >= 15 is 0 Å². The highest BCUT2D eigenvalue weighted by Crippen LogP contribution is 2.48. The van der Waals surface area contributed by atoms with E-state index in [1.165, 1.54) is 38.8 Å². The molecule has 2 saturated heterocycles. The van der Waals surface area contributed by atoms with Gasteiger partial charge in [-0.25, -0.2) is 14.6 Å². The number of rotatable bonds is 5. The lowest BCUT2D eigenvalue weighted by Gasteiger charge is -2.49. The Hall–Kier alpha value is -3.49. The molecule has 4 aromatic rings. The lowest BCUT2D eigenvalue weighted by molar-refractivity contribution is 0.0219. The quantitative estimate of drug-likeness (QED) is 0.389. The molecule has 2 aromatic carbocycles. The molecule has 38 heavy (non-hydrogen) atoms. The fourth-order valence-electron chi connectivity index (χ4n) is 6.61. The Morgan fingerprint density at radius 3 is 2.24 bits per heavy atom. The van der Waals surface area contributed by atoms with Crippen LogP contribution < -0.4 is 15.8 Å². The summed E-state index contributed by atoms with van der Waals surface area (Å²) in [6.07, 6.45) is 9.01. The lowest BCUT2D eigenvalue weighted by Crippen LogP contribution is -2.59. The van der Waals surface area contributed by atoms with Crippen molar-refractivity contribution in [2.75, 3.05) is 31.9 Å². The third-order valence-corrected chi connectivity index (χ3v) is 9.12. The number of nitrogen functional groups attached to an aromatic ring is 1. The minimum Gasteiger partial charge on any atom is -0.457 e. The number of ether oxygens (including phenoxy) is 1. The zero-order valence-corrected chi connectivity index (χ0v) is 21.7. The number of hydrogen-bond donors (Lipinski definition) is 2. The highest BCUT2D eigenvalue weighted by molar-refractivity contribution is 5.98. The molecule has 0 unspecified atom stereocenters. The minimum atomic E-state index is 0.334. The number of benzene rings is 2. The van der Waals surface area contributed by atoms with Crippen molar-refractivity contribution in [2.24, 2.45) is 5.41 Å². The van der Waals surface area contributed by atoms with E-state index in [9.17, 15) is 0 Å². The maximum Gasteiger partial charge on any atom is 0.164 e. The van der Waals surface area contributed by atoms with Crippen molar-refractivity contribution in [3.8, 4) is 22.8 Å². The van der Waals surface area contributed by atoms with Crippen LogP contribution in [-0.2, 0) is 0 Å². The molecule has 1 aliphatic carbocycles. The summed E-state index contributed by atoms with van der Waals surface area (Å²) in [5.41, 5.74) is 9.56. The van der Waals surface area contributed by atoms with Crippen molar-refractivity contribution in [3.05, 3.63) is 60.9 Å². The summed E-state index contributed by atoms with van der Waals surface area (Å²) in [6, 6.07) is 18.9. The Morgan fingerprint density at radius 2 is 1.55 bits per heavy atom. The molecule has 1 spiro atoms. The fourth-order valence-corrected chi connectivity index (χ4v) is 6.61. The number of nitrogens with one attached hydrogen (secondary N) is 1.